The molecule has 0 bridgehead atoms. The maximum Gasteiger partial charge on any atom is 0.226 e. The normalized spacial score (nSPS) is 10.9. The van der Waals surface area contributed by atoms with Crippen LogP contribution in [-0.4, -0.2) is 32.0 Å². The summed E-state index contributed by atoms with van der Waals surface area (Å²) < 4.78 is 7.18. The second-order valence-electron chi connectivity index (χ2n) is 4.98. The monoisotopic (exact) mass is 332 g/mol. The first-order valence-corrected chi connectivity index (χ1v) is 7.55. The zero-order valence-corrected chi connectivity index (χ0v) is 14.3. The zero-order chi connectivity index (χ0) is 14.5. The molecule has 0 atom stereocenters. The summed E-state index contributed by atoms with van der Waals surface area (Å²) in [6, 6.07) is 0. The minimum atomic E-state index is 0. The Morgan fingerprint density at radius 1 is 1.33 bits per heavy atom. The van der Waals surface area contributed by atoms with Crippen LogP contribution in [0.2, 0.25) is 0 Å². The van der Waals surface area contributed by atoms with Gasteiger partial charge in [-0.2, -0.15) is 4.98 Å². The maximum absolute atomic E-state index is 5.21. The molecule has 118 valence electrons. The third kappa shape index (κ3) is 4.98. The van der Waals surface area contributed by atoms with E-state index >= 15 is 0 Å². The summed E-state index contributed by atoms with van der Waals surface area (Å²) in [4.78, 5) is 4.37. The van der Waals surface area contributed by atoms with Crippen molar-refractivity contribution in [3.8, 4) is 0 Å². The van der Waals surface area contributed by atoms with Gasteiger partial charge in [-0.25, -0.2) is 0 Å². The Morgan fingerprint density at radius 2 is 2.10 bits per heavy atom. The first kappa shape index (κ1) is 17.9. The molecular formula is C12H21ClN6OS. The first-order chi connectivity index (χ1) is 9.60. The molecule has 0 unspecified atom stereocenters. The van der Waals surface area contributed by atoms with Crippen molar-refractivity contribution in [2.75, 3.05) is 7.05 Å². The Balaban J connectivity index is 0.00000220. The van der Waals surface area contributed by atoms with Gasteiger partial charge in [0.1, 0.15) is 5.82 Å². The second-order valence-corrected chi connectivity index (χ2v) is 5.92. The van der Waals surface area contributed by atoms with Crippen molar-refractivity contribution in [2.24, 2.45) is 13.0 Å². The van der Waals surface area contributed by atoms with Crippen molar-refractivity contribution in [3.05, 3.63) is 17.5 Å². The van der Waals surface area contributed by atoms with Gasteiger partial charge in [0.05, 0.1) is 12.3 Å². The van der Waals surface area contributed by atoms with E-state index in [0.717, 1.165) is 17.4 Å². The Hall–Kier alpha value is -1.12. The molecule has 2 rings (SSSR count). The molecule has 2 aromatic heterocycles. The Bertz CT molecular complexity index is 556. The molecule has 2 heterocycles. The van der Waals surface area contributed by atoms with E-state index in [4.69, 9.17) is 4.52 Å². The second kappa shape index (κ2) is 8.35. The average Bonchev–Trinajstić information content (AvgIpc) is 2.96. The lowest BCUT2D eigenvalue weighted by Gasteiger charge is -2.01. The minimum absolute atomic E-state index is 0. The van der Waals surface area contributed by atoms with E-state index < -0.39 is 0 Å². The Kier molecular flexibility index (Phi) is 7.13. The predicted octanol–water partition coefficient (Wildman–Crippen LogP) is 1.83. The summed E-state index contributed by atoms with van der Waals surface area (Å²) in [7, 11) is 3.84. The fraction of sp³-hybridized carbons (Fsp3) is 0.667. The molecule has 0 saturated heterocycles. The number of thioether (sulfide) groups is 1. The molecule has 0 saturated carbocycles. The van der Waals surface area contributed by atoms with E-state index in [1.807, 2.05) is 18.7 Å². The summed E-state index contributed by atoms with van der Waals surface area (Å²) >= 11 is 1.56. The summed E-state index contributed by atoms with van der Waals surface area (Å²) in [6.07, 6.45) is 0.813. The summed E-state index contributed by atoms with van der Waals surface area (Å²) in [5.41, 5.74) is 0. The number of aromatic nitrogens is 5. The lowest BCUT2D eigenvalue weighted by molar-refractivity contribution is 0.360. The molecule has 0 amide bonds. The lowest BCUT2D eigenvalue weighted by Crippen LogP contribution is -2.10. The highest BCUT2D eigenvalue weighted by Crippen LogP contribution is 2.20. The molecule has 0 aromatic carbocycles. The van der Waals surface area contributed by atoms with Gasteiger partial charge in [0.25, 0.3) is 0 Å². The fourth-order valence-electron chi connectivity index (χ4n) is 1.69. The standard InChI is InChI=1S/C12H20N6OS.ClH/c1-8(2)5-11-14-9(17-19-11)7-20-12-16-15-10(6-13-3)18(12)4;/h8,13H,5-7H2,1-4H3;1H. The summed E-state index contributed by atoms with van der Waals surface area (Å²) in [6.45, 7) is 4.95. The number of hydrogen-bond acceptors (Lipinski definition) is 7. The molecule has 0 radical (unpaired) electrons. The van der Waals surface area contributed by atoms with Gasteiger partial charge in [0, 0.05) is 13.5 Å². The highest BCUT2D eigenvalue weighted by molar-refractivity contribution is 7.98. The Labute approximate surface area is 134 Å². The topological polar surface area (TPSA) is 81.7 Å². The first-order valence-electron chi connectivity index (χ1n) is 6.57. The van der Waals surface area contributed by atoms with Crippen LogP contribution in [0, 0.1) is 5.92 Å². The van der Waals surface area contributed by atoms with Crippen LogP contribution in [0.15, 0.2) is 9.68 Å². The van der Waals surface area contributed by atoms with E-state index in [2.05, 4.69) is 39.5 Å². The molecule has 2 aromatic rings. The van der Waals surface area contributed by atoms with Gasteiger partial charge >= 0.3 is 0 Å². The lowest BCUT2D eigenvalue weighted by atomic mass is 10.1. The van der Waals surface area contributed by atoms with Crippen LogP contribution in [-0.2, 0) is 25.8 Å². The Morgan fingerprint density at radius 3 is 2.76 bits per heavy atom. The molecular weight excluding hydrogens is 312 g/mol. The van der Waals surface area contributed by atoms with Crippen LogP contribution in [0.25, 0.3) is 0 Å². The quantitative estimate of drug-likeness (QED) is 0.774. The minimum Gasteiger partial charge on any atom is -0.339 e. The predicted molar refractivity (Wildman–Crippen MR) is 83.4 cm³/mol. The van der Waals surface area contributed by atoms with Gasteiger partial charge in [0.2, 0.25) is 5.89 Å². The SMILES string of the molecule is CNCc1nnc(SCc2noc(CC(C)C)n2)n1C.Cl. The van der Waals surface area contributed by atoms with Crippen LogP contribution in [0.1, 0.15) is 31.4 Å². The molecule has 7 nitrogen and oxygen atoms in total. The molecule has 0 fully saturated rings. The van der Waals surface area contributed by atoms with Crippen molar-refractivity contribution in [3.63, 3.8) is 0 Å². The third-order valence-corrected chi connectivity index (χ3v) is 3.70. The summed E-state index contributed by atoms with van der Waals surface area (Å²) in [5, 5.41) is 16.2. The highest BCUT2D eigenvalue weighted by Gasteiger charge is 2.12. The molecule has 0 aliphatic carbocycles. The van der Waals surface area contributed by atoms with Gasteiger partial charge in [-0.05, 0) is 13.0 Å². The van der Waals surface area contributed by atoms with E-state index in [9.17, 15) is 0 Å². The number of halogens is 1. The fourth-order valence-corrected chi connectivity index (χ4v) is 2.47. The number of hydrogen-bond donors (Lipinski definition) is 1. The van der Waals surface area contributed by atoms with Crippen LogP contribution < -0.4 is 5.32 Å². The molecule has 1 N–H and O–H groups in total. The average molecular weight is 333 g/mol. The van der Waals surface area contributed by atoms with Crippen molar-refractivity contribution in [2.45, 2.75) is 37.7 Å². The van der Waals surface area contributed by atoms with Crippen molar-refractivity contribution in [1.29, 1.82) is 0 Å². The molecule has 0 aliphatic heterocycles. The van der Waals surface area contributed by atoms with Gasteiger partial charge in [0.15, 0.2) is 11.0 Å². The smallest absolute Gasteiger partial charge is 0.226 e. The molecule has 0 aliphatic rings. The third-order valence-electron chi connectivity index (χ3n) is 2.68. The molecule has 9 heteroatoms. The largest absolute Gasteiger partial charge is 0.339 e. The van der Waals surface area contributed by atoms with Crippen LogP contribution >= 0.6 is 24.2 Å². The number of nitrogens with zero attached hydrogens (tertiary/aromatic N) is 5. The van der Waals surface area contributed by atoms with Crippen molar-refractivity contribution < 1.29 is 4.52 Å². The van der Waals surface area contributed by atoms with Gasteiger partial charge in [-0.15, -0.1) is 22.6 Å². The van der Waals surface area contributed by atoms with Crippen LogP contribution in [0.4, 0.5) is 0 Å². The van der Waals surface area contributed by atoms with Crippen LogP contribution in [0.3, 0.4) is 0 Å². The van der Waals surface area contributed by atoms with E-state index in [1.165, 1.54) is 0 Å². The summed E-state index contributed by atoms with van der Waals surface area (Å²) in [5.74, 6) is 3.45. The van der Waals surface area contributed by atoms with Crippen molar-refractivity contribution in [1.82, 2.24) is 30.2 Å². The number of rotatable bonds is 7. The van der Waals surface area contributed by atoms with Gasteiger partial charge in [-0.1, -0.05) is 30.8 Å². The maximum atomic E-state index is 5.21. The van der Waals surface area contributed by atoms with Gasteiger partial charge < -0.3 is 14.4 Å². The highest BCUT2D eigenvalue weighted by atomic mass is 35.5. The van der Waals surface area contributed by atoms with Crippen LogP contribution in [0.5, 0.6) is 0 Å². The van der Waals surface area contributed by atoms with Crippen molar-refractivity contribution >= 4 is 24.2 Å². The molecule has 21 heavy (non-hydrogen) atoms. The van der Waals surface area contributed by atoms with E-state index in [1.54, 1.807) is 11.8 Å². The zero-order valence-electron chi connectivity index (χ0n) is 12.7. The van der Waals surface area contributed by atoms with E-state index in [0.29, 0.717) is 29.9 Å². The number of nitrogens with one attached hydrogen (secondary N) is 1. The molecule has 0 spiro atoms. The van der Waals surface area contributed by atoms with E-state index in [-0.39, 0.29) is 12.4 Å². The van der Waals surface area contributed by atoms with Gasteiger partial charge in [-0.3, -0.25) is 0 Å².